The van der Waals surface area contributed by atoms with E-state index in [0.29, 0.717) is 13.0 Å². The van der Waals surface area contributed by atoms with Gasteiger partial charge in [-0.2, -0.15) is 0 Å². The predicted molar refractivity (Wildman–Crippen MR) is 68.5 cm³/mol. The standard InChI is InChI=1S/C12H16N3O3/c1-13(2)8-5-9-14(10-16)11-6-3-4-7-12(11)15(17)18/h4,6-7,10H,5,8-9H2,1-2H3. The lowest BCUT2D eigenvalue weighted by atomic mass is 10.2. The van der Waals surface area contributed by atoms with E-state index in [0.717, 1.165) is 13.0 Å². The van der Waals surface area contributed by atoms with Crippen LogP contribution in [0.1, 0.15) is 6.42 Å². The van der Waals surface area contributed by atoms with Crippen molar-refractivity contribution in [2.24, 2.45) is 0 Å². The number of carbonyl (C=O) groups excluding carboxylic acids is 1. The second-order valence-electron chi connectivity index (χ2n) is 4.13. The quantitative estimate of drug-likeness (QED) is 0.415. The number of benzene rings is 1. The van der Waals surface area contributed by atoms with Crippen molar-refractivity contribution in [1.29, 1.82) is 0 Å². The zero-order valence-corrected chi connectivity index (χ0v) is 10.5. The second-order valence-corrected chi connectivity index (χ2v) is 4.13. The molecule has 0 aliphatic heterocycles. The summed E-state index contributed by atoms with van der Waals surface area (Å²) in [5.41, 5.74) is 0.210. The summed E-state index contributed by atoms with van der Waals surface area (Å²) in [6, 6.07) is 7.02. The molecule has 18 heavy (non-hydrogen) atoms. The molecule has 0 spiro atoms. The van der Waals surface area contributed by atoms with Gasteiger partial charge >= 0.3 is 0 Å². The topological polar surface area (TPSA) is 66.7 Å². The number of amides is 1. The number of nitro groups is 1. The Labute approximate surface area is 106 Å². The third-order valence-corrected chi connectivity index (χ3v) is 2.46. The van der Waals surface area contributed by atoms with E-state index in [4.69, 9.17) is 0 Å². The lowest BCUT2D eigenvalue weighted by Crippen LogP contribution is -2.26. The largest absolute Gasteiger partial charge is 0.309 e. The molecule has 1 rings (SSSR count). The van der Waals surface area contributed by atoms with Gasteiger partial charge in [0.15, 0.2) is 0 Å². The Morgan fingerprint density at radius 1 is 1.44 bits per heavy atom. The van der Waals surface area contributed by atoms with Gasteiger partial charge in [0.2, 0.25) is 6.41 Å². The SMILES string of the molecule is CN(C)CCCN(C=O)c1c[c]ccc1[N+](=O)[O-]. The van der Waals surface area contributed by atoms with Gasteiger partial charge in [-0.15, -0.1) is 0 Å². The Kier molecular flexibility index (Phi) is 5.26. The summed E-state index contributed by atoms with van der Waals surface area (Å²) in [4.78, 5) is 24.7. The lowest BCUT2D eigenvalue weighted by molar-refractivity contribution is -0.384. The molecular formula is C12H16N3O3. The maximum Gasteiger partial charge on any atom is 0.292 e. The molecule has 0 aromatic heterocycles. The van der Waals surface area contributed by atoms with Gasteiger partial charge in [0.1, 0.15) is 5.69 Å². The summed E-state index contributed by atoms with van der Waals surface area (Å²) in [7, 11) is 3.87. The number of nitro benzene ring substituents is 1. The summed E-state index contributed by atoms with van der Waals surface area (Å²) in [6.45, 7) is 1.26. The van der Waals surface area contributed by atoms with E-state index in [1.54, 1.807) is 0 Å². The Hall–Kier alpha value is -1.95. The number of nitrogens with zero attached hydrogens (tertiary/aromatic N) is 3. The average Bonchev–Trinajstić information content (AvgIpc) is 2.34. The van der Waals surface area contributed by atoms with Crippen LogP contribution in [0.25, 0.3) is 0 Å². The molecule has 0 heterocycles. The van der Waals surface area contributed by atoms with Crippen LogP contribution in [0.5, 0.6) is 0 Å². The number of carbonyl (C=O) groups is 1. The minimum absolute atomic E-state index is 0.0781. The molecule has 0 N–H and O–H groups in total. The highest BCUT2D eigenvalue weighted by atomic mass is 16.6. The number of hydrogen-bond acceptors (Lipinski definition) is 4. The maximum atomic E-state index is 11.0. The Bertz CT molecular complexity index is 421. The van der Waals surface area contributed by atoms with Crippen molar-refractivity contribution in [2.45, 2.75) is 6.42 Å². The van der Waals surface area contributed by atoms with Crippen LogP contribution in [0.4, 0.5) is 11.4 Å². The van der Waals surface area contributed by atoms with Gasteiger partial charge < -0.3 is 9.80 Å². The van der Waals surface area contributed by atoms with Crippen molar-refractivity contribution in [3.8, 4) is 0 Å². The third kappa shape index (κ3) is 3.81. The first-order chi connectivity index (χ1) is 8.56. The fourth-order valence-electron chi connectivity index (χ4n) is 1.59. The zero-order chi connectivity index (χ0) is 13.5. The van der Waals surface area contributed by atoms with Crippen molar-refractivity contribution in [3.05, 3.63) is 34.4 Å². The van der Waals surface area contributed by atoms with Crippen LogP contribution in [-0.2, 0) is 4.79 Å². The van der Waals surface area contributed by atoms with Crippen molar-refractivity contribution >= 4 is 17.8 Å². The van der Waals surface area contributed by atoms with Crippen LogP contribution < -0.4 is 4.90 Å². The zero-order valence-electron chi connectivity index (χ0n) is 10.5. The number of anilines is 1. The summed E-state index contributed by atoms with van der Waals surface area (Å²) in [5, 5.41) is 10.9. The molecule has 0 atom stereocenters. The molecule has 1 radical (unpaired) electrons. The molecule has 0 aliphatic rings. The van der Waals surface area contributed by atoms with E-state index in [1.165, 1.54) is 23.1 Å². The molecule has 0 bridgehead atoms. The molecule has 0 aliphatic carbocycles. The first kappa shape index (κ1) is 14.1. The van der Waals surface area contributed by atoms with Crippen LogP contribution in [0, 0.1) is 16.2 Å². The van der Waals surface area contributed by atoms with Gasteiger partial charge in [0.25, 0.3) is 5.69 Å². The lowest BCUT2D eigenvalue weighted by Gasteiger charge is -2.18. The highest BCUT2D eigenvalue weighted by Gasteiger charge is 2.17. The average molecular weight is 250 g/mol. The maximum absolute atomic E-state index is 11.0. The first-order valence-electron chi connectivity index (χ1n) is 5.57. The van der Waals surface area contributed by atoms with Gasteiger partial charge in [-0.1, -0.05) is 0 Å². The molecule has 0 unspecified atom stereocenters. The van der Waals surface area contributed by atoms with Gasteiger partial charge in [0, 0.05) is 12.6 Å². The number of hydrogen-bond donors (Lipinski definition) is 0. The predicted octanol–water partition coefficient (Wildman–Crippen LogP) is 1.31. The minimum atomic E-state index is -0.494. The van der Waals surface area contributed by atoms with Crippen molar-refractivity contribution in [2.75, 3.05) is 32.1 Å². The molecule has 6 heteroatoms. The fraction of sp³-hybridized carbons (Fsp3) is 0.417. The smallest absolute Gasteiger partial charge is 0.292 e. The Morgan fingerprint density at radius 2 is 2.17 bits per heavy atom. The van der Waals surface area contributed by atoms with Gasteiger partial charge in [-0.05, 0) is 45.3 Å². The highest BCUT2D eigenvalue weighted by Crippen LogP contribution is 2.26. The van der Waals surface area contributed by atoms with E-state index < -0.39 is 4.92 Å². The molecule has 0 saturated carbocycles. The highest BCUT2D eigenvalue weighted by molar-refractivity contribution is 5.80. The van der Waals surface area contributed by atoms with E-state index >= 15 is 0 Å². The molecule has 0 fully saturated rings. The van der Waals surface area contributed by atoms with Crippen LogP contribution in [0.2, 0.25) is 0 Å². The first-order valence-corrected chi connectivity index (χ1v) is 5.57. The number of rotatable bonds is 7. The van der Waals surface area contributed by atoms with Gasteiger partial charge in [0.05, 0.1) is 4.92 Å². The van der Waals surface area contributed by atoms with E-state index in [9.17, 15) is 14.9 Å². The van der Waals surface area contributed by atoms with E-state index in [2.05, 4.69) is 6.07 Å². The molecule has 6 nitrogen and oxygen atoms in total. The summed E-state index contributed by atoms with van der Waals surface area (Å²) >= 11 is 0. The molecule has 0 saturated heterocycles. The third-order valence-electron chi connectivity index (χ3n) is 2.46. The molecule has 1 aromatic carbocycles. The van der Waals surface area contributed by atoms with Crippen LogP contribution in [0.15, 0.2) is 18.2 Å². The molecule has 97 valence electrons. The van der Waals surface area contributed by atoms with Crippen molar-refractivity contribution in [3.63, 3.8) is 0 Å². The van der Waals surface area contributed by atoms with E-state index in [-0.39, 0.29) is 11.4 Å². The summed E-state index contributed by atoms with van der Waals surface area (Å²) in [5.74, 6) is 0. The summed E-state index contributed by atoms with van der Waals surface area (Å²) < 4.78 is 0. The minimum Gasteiger partial charge on any atom is -0.309 e. The monoisotopic (exact) mass is 250 g/mol. The van der Waals surface area contributed by atoms with Crippen molar-refractivity contribution in [1.82, 2.24) is 4.90 Å². The van der Waals surface area contributed by atoms with Crippen LogP contribution in [-0.4, -0.2) is 43.4 Å². The normalized spacial score (nSPS) is 10.4. The van der Waals surface area contributed by atoms with Crippen molar-refractivity contribution < 1.29 is 9.72 Å². The molecular weight excluding hydrogens is 234 g/mol. The second kappa shape index (κ2) is 6.70. The summed E-state index contributed by atoms with van der Waals surface area (Å²) in [6.07, 6.45) is 1.36. The van der Waals surface area contributed by atoms with Gasteiger partial charge in [-0.25, -0.2) is 0 Å². The van der Waals surface area contributed by atoms with E-state index in [1.807, 2.05) is 19.0 Å². The Morgan fingerprint density at radius 3 is 2.72 bits per heavy atom. The van der Waals surface area contributed by atoms with Crippen LogP contribution >= 0.6 is 0 Å². The molecule has 1 amide bonds. The van der Waals surface area contributed by atoms with Gasteiger partial charge in [-0.3, -0.25) is 14.9 Å². The molecule has 1 aromatic rings. The Balaban J connectivity index is 2.81. The fourth-order valence-corrected chi connectivity index (χ4v) is 1.59. The van der Waals surface area contributed by atoms with Crippen LogP contribution in [0.3, 0.4) is 0 Å².